The minimum Gasteiger partial charge on any atom is -0.453 e. The largest absolute Gasteiger partial charge is 0.453 e. The van der Waals surface area contributed by atoms with Gasteiger partial charge in [-0.05, 0) is 86.8 Å². The quantitative estimate of drug-likeness (QED) is 0.101. The maximum absolute atomic E-state index is 12.0. The van der Waals surface area contributed by atoms with Crippen molar-refractivity contribution < 1.29 is 135 Å². The van der Waals surface area contributed by atoms with Crippen molar-refractivity contribution in [1.29, 1.82) is 0 Å². The Morgan fingerprint density at radius 1 is 0.398 bits per heavy atom. The second kappa shape index (κ2) is 33.9. The number of hydrogen-bond donors (Lipinski definition) is 0. The van der Waals surface area contributed by atoms with Gasteiger partial charge in [0.05, 0.1) is 0 Å². The average Bonchev–Trinajstić information content (AvgIpc) is 0.721. The normalized spacial score (nSPS) is 11.7. The van der Waals surface area contributed by atoms with E-state index >= 15 is 0 Å². The Hall–Kier alpha value is -8.46. The summed E-state index contributed by atoms with van der Waals surface area (Å²) < 4.78 is 11.6. The third-order valence-corrected chi connectivity index (χ3v) is 15.6. The van der Waals surface area contributed by atoms with Gasteiger partial charge in [0.25, 0.3) is 0 Å². The molecule has 0 saturated carbocycles. The first-order valence-corrected chi connectivity index (χ1v) is 28.3. The van der Waals surface area contributed by atoms with Crippen LogP contribution >= 0.6 is 0 Å². The van der Waals surface area contributed by atoms with Crippen LogP contribution in [0.15, 0.2) is 207 Å². The van der Waals surface area contributed by atoms with Crippen LogP contribution in [0.25, 0.3) is 121 Å². The molecule has 0 radical (unpaired) electrons. The molecular weight excluding hydrogens is 2330 g/mol. The topological polar surface area (TPSA) is 289 Å². The van der Waals surface area contributed by atoms with Gasteiger partial charge < -0.3 is 73.2 Å². The molecule has 16 heterocycles. The summed E-state index contributed by atoms with van der Waals surface area (Å²) in [5.41, 5.74) is 11.9. The Labute approximate surface area is 643 Å². The summed E-state index contributed by atoms with van der Waals surface area (Å²) in [6.45, 7) is 8.91. The zero-order valence-electron chi connectivity index (χ0n) is 51.4. The molecule has 506 valence electrons. The van der Waals surface area contributed by atoms with Gasteiger partial charge in [-0.25, -0.2) is 14.6 Å². The fraction of sp³-hybridized carbons (Fsp3) is 0.100. The molecule has 0 unspecified atom stereocenters. The first-order chi connectivity index (χ1) is 44.9. The van der Waals surface area contributed by atoms with Crippen molar-refractivity contribution in [2.45, 2.75) is 38.5 Å². The van der Waals surface area contributed by atoms with E-state index < -0.39 is 11.3 Å². The molecule has 0 saturated heterocycles. The Balaban J connectivity index is 0.000000164. The summed E-state index contributed by atoms with van der Waals surface area (Å²) in [4.78, 5) is 102. The Morgan fingerprint density at radius 2 is 0.898 bits per heavy atom. The smallest absolute Gasteiger partial charge is 0.328 e. The zero-order chi connectivity index (χ0) is 63.3. The van der Waals surface area contributed by atoms with Crippen LogP contribution in [-0.4, -0.2) is 84.3 Å². The Morgan fingerprint density at radius 3 is 1.60 bits per heavy atom. The third kappa shape index (κ3) is 15.4. The van der Waals surface area contributed by atoms with E-state index in [4.69, 9.17) is 8.83 Å². The molecule has 0 amide bonds. The van der Waals surface area contributed by atoms with Gasteiger partial charge >= 0.3 is 11.3 Å². The summed E-state index contributed by atoms with van der Waals surface area (Å²) in [6, 6.07) is 42.3. The van der Waals surface area contributed by atoms with Crippen LogP contribution in [0.4, 0.5) is 0 Å². The van der Waals surface area contributed by atoms with Crippen molar-refractivity contribution in [3.05, 3.63) is 263 Å². The number of rotatable bonds is 0. The molecule has 1 aliphatic rings. The second-order valence-corrected chi connectivity index (χ2v) is 21.4. The number of pyridine rings is 11. The van der Waals surface area contributed by atoms with Crippen LogP contribution in [0.1, 0.15) is 39.0 Å². The van der Waals surface area contributed by atoms with Gasteiger partial charge in [-0.2, -0.15) is 0 Å². The minimum atomic E-state index is -0.447. The molecule has 1 aliphatic carbocycles. The van der Waals surface area contributed by atoms with Crippen molar-refractivity contribution in [2.75, 3.05) is 0 Å². The van der Waals surface area contributed by atoms with E-state index in [1.165, 1.54) is 18.1 Å². The maximum Gasteiger partial charge on any atom is 0.328 e. The van der Waals surface area contributed by atoms with E-state index in [0.717, 1.165) is 71.9 Å². The number of fused-ring (bicyclic) bond motifs is 18. The van der Waals surface area contributed by atoms with Gasteiger partial charge in [0.15, 0.2) is 0 Å². The monoisotopic (exact) mass is 2370 g/mol. The van der Waals surface area contributed by atoms with E-state index in [-0.39, 0.29) is 154 Å². The summed E-state index contributed by atoms with van der Waals surface area (Å²) >= 11 is 0. The standard InChI is InChI=1S/C15H16N3.C12H8N3O.2C11H6N3.C11H5N2O2.C10H4N3O2.6Pt/c1-14(2)11-8-16-9-18-12(11)10-6-5-7-17-13(10)15(14,3)4;1-15-9-5-3-7-13-10(9)8-4-2-6-14-11(8)12(15)16;1-3-8-10(12-5-1)7-14-9-4-2-6-13-11(8)9;1-2-8-9(12-5-1)3-4-10-11(8)14-7-6-13-10;14-11-8-4-2-5-12-9(8)7-3-1-6-13-10(7)15-11;14-10-6-2-1-3-12-8(6)7-4-11-5-13-9(7)15-10;;;;;;/h5,7-9H,1-4H3;2-3,5-7H,1H3;1-2,4-7H;1,3-7H;1-2,4-6H;1-3,5H;;;;;;/q6*-1;;;;;;. The molecule has 0 fully saturated rings. The predicted octanol–water partition coefficient (Wildman–Crippen LogP) is 10.6. The summed E-state index contributed by atoms with van der Waals surface area (Å²) in [5, 5.41) is 4.56. The number of benzene rings is 1. The predicted molar refractivity (Wildman–Crippen MR) is 345 cm³/mol. The fourth-order valence-corrected chi connectivity index (χ4v) is 10.4. The van der Waals surface area contributed by atoms with E-state index in [0.29, 0.717) is 43.5 Å². The molecule has 18 rings (SSSR count). The van der Waals surface area contributed by atoms with Gasteiger partial charge in [-0.15, -0.1) is 66.2 Å². The minimum absolute atomic E-state index is 0. The molecule has 17 aromatic rings. The van der Waals surface area contributed by atoms with Crippen molar-refractivity contribution in [2.24, 2.45) is 7.05 Å². The first-order valence-electron chi connectivity index (χ1n) is 28.3. The second-order valence-electron chi connectivity index (χ2n) is 21.4. The third-order valence-electron chi connectivity index (χ3n) is 15.6. The molecule has 1 aromatic carbocycles. The fourth-order valence-electron chi connectivity index (χ4n) is 10.4. The molecule has 28 heteroatoms. The van der Waals surface area contributed by atoms with Gasteiger partial charge in [0.1, 0.15) is 17.8 Å². The molecule has 98 heavy (non-hydrogen) atoms. The van der Waals surface area contributed by atoms with Crippen molar-refractivity contribution in [3.8, 4) is 11.3 Å². The summed E-state index contributed by atoms with van der Waals surface area (Å²) in [7, 11) is 1.72. The molecule has 0 atom stereocenters. The molecule has 0 N–H and O–H groups in total. The van der Waals surface area contributed by atoms with E-state index in [9.17, 15) is 14.4 Å². The van der Waals surface area contributed by atoms with Crippen LogP contribution in [-0.2, 0) is 144 Å². The van der Waals surface area contributed by atoms with Crippen molar-refractivity contribution >= 4 is 110 Å². The van der Waals surface area contributed by atoms with Crippen LogP contribution in [0.5, 0.6) is 0 Å². The average molecular weight is 2370 g/mol. The van der Waals surface area contributed by atoms with Gasteiger partial charge in [-0.1, -0.05) is 104 Å². The first kappa shape index (κ1) is 76.9. The number of nitrogens with zero attached hydrogens (tertiary/aromatic N) is 17. The van der Waals surface area contributed by atoms with Crippen molar-refractivity contribution in [3.63, 3.8) is 0 Å². The maximum atomic E-state index is 12.0. The van der Waals surface area contributed by atoms with Gasteiger partial charge in [0, 0.05) is 250 Å². The van der Waals surface area contributed by atoms with Crippen LogP contribution in [0.2, 0.25) is 0 Å². The molecule has 0 aliphatic heterocycles. The number of aryl methyl sites for hydroxylation is 1. The summed E-state index contributed by atoms with van der Waals surface area (Å²) in [6.07, 6.45) is 27.6. The van der Waals surface area contributed by atoms with E-state index in [1.54, 1.807) is 128 Å². The van der Waals surface area contributed by atoms with Crippen LogP contribution in [0, 0.1) is 36.5 Å². The summed E-state index contributed by atoms with van der Waals surface area (Å²) in [5.74, 6) is 0. The van der Waals surface area contributed by atoms with E-state index in [1.807, 2.05) is 54.9 Å². The van der Waals surface area contributed by atoms with Gasteiger partial charge in [0.2, 0.25) is 5.56 Å². The molecule has 0 spiro atoms. The van der Waals surface area contributed by atoms with E-state index in [2.05, 4.69) is 144 Å². The van der Waals surface area contributed by atoms with Crippen molar-refractivity contribution in [1.82, 2.24) is 84.3 Å². The molecule has 0 bridgehead atoms. The Bertz CT molecular complexity index is 5460. The van der Waals surface area contributed by atoms with Crippen LogP contribution in [0.3, 0.4) is 0 Å². The van der Waals surface area contributed by atoms with Crippen LogP contribution < -0.4 is 16.8 Å². The molecule has 16 aromatic heterocycles. The van der Waals surface area contributed by atoms with Gasteiger partial charge in [-0.3, -0.25) is 19.7 Å². The Kier molecular flexibility index (Phi) is 26.6. The number of aromatic nitrogens is 17. The molecular formula is C70H45N17O5Pt6-6. The molecule has 22 nitrogen and oxygen atoms in total. The zero-order valence-corrected chi connectivity index (χ0v) is 65.0. The SMILES string of the molecule is CC1(C)c2cncnc2-c2[c-]ccnc2C1(C)C.Cn1c(=O)c2ncc[c-]c2c2ncccc21.O=c1oc2ncc[c-]c2c2ncccc12.O=c1oc2ncn[c-]c2c2ncccc12.[Pt].[Pt].[Pt].[Pt].[Pt].[Pt].[c-]1ccnc2ccc3nccnc3c12.[c-]1ccnc2cnc3cccnc3c12. The number of hydrogen-bond acceptors (Lipinski definition) is 21.